The fourth-order valence-electron chi connectivity index (χ4n) is 1.95. The predicted octanol–water partition coefficient (Wildman–Crippen LogP) is 7.25. The third kappa shape index (κ3) is 2.51. The summed E-state index contributed by atoms with van der Waals surface area (Å²) in [5.41, 5.74) is 0.280. The maximum absolute atomic E-state index is 6.25. The van der Waals surface area contributed by atoms with E-state index in [-0.39, 0.29) is 31.3 Å². The summed E-state index contributed by atoms with van der Waals surface area (Å²) in [6.07, 6.45) is 0. The number of allylic oxidation sites excluding steroid dienone is 6. The van der Waals surface area contributed by atoms with E-state index < -0.39 is 19.4 Å². The molecular formula is C10H2Cl10. The smallest absolute Gasteiger partial charge is 0.116 e. The van der Waals surface area contributed by atoms with E-state index in [0.717, 1.165) is 0 Å². The molecule has 0 amide bonds. The molecule has 2 aliphatic carbocycles. The first kappa shape index (κ1) is 18.5. The molecular weight excluding hydrogens is 475 g/mol. The van der Waals surface area contributed by atoms with E-state index in [1.807, 2.05) is 0 Å². The Morgan fingerprint density at radius 3 is 1.70 bits per heavy atom. The summed E-state index contributed by atoms with van der Waals surface area (Å²) in [6.45, 7) is 0. The van der Waals surface area contributed by atoms with Crippen LogP contribution in [0.1, 0.15) is 0 Å². The van der Waals surface area contributed by atoms with Crippen molar-refractivity contribution in [3.63, 3.8) is 0 Å². The first-order chi connectivity index (χ1) is 8.95. The summed E-state index contributed by atoms with van der Waals surface area (Å²) >= 11 is 61.7. The fourth-order valence-corrected chi connectivity index (χ4v) is 5.55. The maximum Gasteiger partial charge on any atom is 0.164 e. The lowest BCUT2D eigenvalue weighted by atomic mass is 10.1. The van der Waals surface area contributed by atoms with Crippen LogP contribution in [0.15, 0.2) is 31.3 Å². The Morgan fingerprint density at radius 2 is 1.20 bits per heavy atom. The van der Waals surface area contributed by atoms with Crippen LogP contribution in [0, 0.1) is 0 Å². The minimum Gasteiger partial charge on any atom is -0.116 e. The average Bonchev–Trinajstić information content (AvgIpc) is 2.47. The number of rotatable bonds is 0. The van der Waals surface area contributed by atoms with E-state index >= 15 is 0 Å². The minimum atomic E-state index is -1.70. The summed E-state index contributed by atoms with van der Waals surface area (Å²) in [6, 6.07) is 0. The van der Waals surface area contributed by atoms with Crippen LogP contribution in [0.25, 0.3) is 0 Å². The van der Waals surface area contributed by atoms with Crippen LogP contribution in [0.4, 0.5) is 0 Å². The molecule has 0 saturated heterocycles. The molecule has 0 heterocycles. The van der Waals surface area contributed by atoms with E-state index in [0.29, 0.717) is 0 Å². The zero-order valence-corrected chi connectivity index (χ0v) is 16.5. The van der Waals surface area contributed by atoms with Gasteiger partial charge in [0.1, 0.15) is 5.38 Å². The second-order valence-electron chi connectivity index (χ2n) is 4.05. The summed E-state index contributed by atoms with van der Waals surface area (Å²) in [5, 5.41) is -2.28. The first-order valence-corrected chi connectivity index (χ1v) is 8.75. The Morgan fingerprint density at radius 1 is 0.700 bits per heavy atom. The monoisotopic (exact) mass is 472 g/mol. The molecule has 2 aliphatic rings. The molecule has 20 heavy (non-hydrogen) atoms. The maximum atomic E-state index is 6.25. The minimum absolute atomic E-state index is 0.00191. The summed E-state index contributed by atoms with van der Waals surface area (Å²) in [5.74, 6) is 0. The van der Waals surface area contributed by atoms with E-state index in [9.17, 15) is 0 Å². The molecule has 0 unspecified atom stereocenters. The van der Waals surface area contributed by atoms with E-state index in [1.165, 1.54) is 0 Å². The van der Waals surface area contributed by atoms with Crippen LogP contribution >= 0.6 is 116 Å². The third-order valence-corrected chi connectivity index (χ3v) is 8.04. The van der Waals surface area contributed by atoms with Gasteiger partial charge in [-0.25, -0.2) is 0 Å². The molecule has 2 rings (SSSR count). The molecule has 0 radical (unpaired) electrons. The highest BCUT2D eigenvalue weighted by molar-refractivity contribution is 6.65. The molecule has 0 N–H and O–H groups in total. The number of halogens is 10. The zero-order valence-electron chi connectivity index (χ0n) is 8.93. The van der Waals surface area contributed by atoms with Gasteiger partial charge < -0.3 is 0 Å². The van der Waals surface area contributed by atoms with Crippen LogP contribution < -0.4 is 0 Å². The molecule has 0 aliphatic heterocycles. The van der Waals surface area contributed by atoms with E-state index in [4.69, 9.17) is 116 Å². The van der Waals surface area contributed by atoms with Gasteiger partial charge in [-0.2, -0.15) is 0 Å². The van der Waals surface area contributed by atoms with Crippen molar-refractivity contribution in [2.75, 3.05) is 0 Å². The molecule has 10 heteroatoms. The molecule has 0 spiro atoms. The molecule has 0 nitrogen and oxygen atoms in total. The van der Waals surface area contributed by atoms with Crippen molar-refractivity contribution in [3.05, 3.63) is 31.3 Å². The molecule has 0 aromatic carbocycles. The van der Waals surface area contributed by atoms with Crippen molar-refractivity contribution in [1.29, 1.82) is 0 Å². The number of hydrogen-bond donors (Lipinski definition) is 0. The zero-order chi connectivity index (χ0) is 15.6. The van der Waals surface area contributed by atoms with Gasteiger partial charge >= 0.3 is 0 Å². The Bertz CT molecular complexity index is 567. The van der Waals surface area contributed by atoms with Crippen molar-refractivity contribution < 1.29 is 0 Å². The van der Waals surface area contributed by atoms with Crippen LogP contribution in [0.3, 0.4) is 0 Å². The van der Waals surface area contributed by atoms with Crippen molar-refractivity contribution in [2.45, 2.75) is 19.4 Å². The van der Waals surface area contributed by atoms with E-state index in [2.05, 4.69) is 0 Å². The SMILES string of the molecule is ClC1=C(Cl)C2=C([C@H](Cl)C(Cl)=C1Cl)C(Cl)(Cl)[C@@H](Cl)C2(Cl)Cl. The van der Waals surface area contributed by atoms with Gasteiger partial charge in [0.25, 0.3) is 0 Å². The van der Waals surface area contributed by atoms with Crippen molar-refractivity contribution in [2.24, 2.45) is 0 Å². The molecule has 0 fully saturated rings. The van der Waals surface area contributed by atoms with Crippen molar-refractivity contribution in [1.82, 2.24) is 0 Å². The third-order valence-electron chi connectivity index (χ3n) is 2.89. The second kappa shape index (κ2) is 5.88. The lowest BCUT2D eigenvalue weighted by Crippen LogP contribution is -2.36. The molecule has 0 aromatic heterocycles. The normalized spacial score (nSPS) is 32.7. The topological polar surface area (TPSA) is 0 Å². The summed E-state index contributed by atoms with van der Waals surface area (Å²) in [7, 11) is 0. The van der Waals surface area contributed by atoms with Gasteiger partial charge in [0.05, 0.1) is 25.5 Å². The van der Waals surface area contributed by atoms with Gasteiger partial charge in [-0.15, -0.1) is 23.2 Å². The Balaban J connectivity index is 2.86. The molecule has 0 aromatic rings. The Labute approximate surface area is 165 Å². The van der Waals surface area contributed by atoms with E-state index in [1.54, 1.807) is 0 Å². The van der Waals surface area contributed by atoms with Crippen LogP contribution in [-0.2, 0) is 0 Å². The highest BCUT2D eigenvalue weighted by Crippen LogP contribution is 2.63. The standard InChI is InChI=1S/C10H2Cl10/c11-3-1-2(4(12)6(14)7(15)5(3)13)10(19,20)8(16)9(1,17)18/h3,8H/t3-,8+/m0/s1. The Hall–Kier alpha value is 2.12. The number of hydrogen-bond acceptors (Lipinski definition) is 0. The molecule has 2 atom stereocenters. The molecule has 0 bridgehead atoms. The average molecular weight is 477 g/mol. The molecule has 112 valence electrons. The fraction of sp³-hybridized carbons (Fsp3) is 0.400. The van der Waals surface area contributed by atoms with Gasteiger partial charge in [-0.3, -0.25) is 0 Å². The lowest BCUT2D eigenvalue weighted by Gasteiger charge is -2.27. The predicted molar refractivity (Wildman–Crippen MR) is 92.6 cm³/mol. The van der Waals surface area contributed by atoms with Gasteiger partial charge in [0.2, 0.25) is 0 Å². The quantitative estimate of drug-likeness (QED) is 0.323. The van der Waals surface area contributed by atoms with Crippen LogP contribution in [-0.4, -0.2) is 19.4 Å². The summed E-state index contributed by atoms with van der Waals surface area (Å²) < 4.78 is -3.39. The number of alkyl halides is 6. The molecule has 0 saturated carbocycles. The lowest BCUT2D eigenvalue weighted by molar-refractivity contribution is 0.811. The van der Waals surface area contributed by atoms with Crippen LogP contribution in [0.2, 0.25) is 0 Å². The highest BCUT2D eigenvalue weighted by atomic mass is 35.5. The Kier molecular flexibility index (Phi) is 5.43. The second-order valence-corrected chi connectivity index (χ2v) is 9.24. The van der Waals surface area contributed by atoms with Gasteiger partial charge in [0.15, 0.2) is 8.67 Å². The first-order valence-electron chi connectivity index (χ1n) is 4.85. The summed E-state index contributed by atoms with van der Waals surface area (Å²) in [4.78, 5) is 0. The van der Waals surface area contributed by atoms with Crippen molar-refractivity contribution >= 4 is 116 Å². The van der Waals surface area contributed by atoms with Gasteiger partial charge in [0, 0.05) is 5.57 Å². The largest absolute Gasteiger partial charge is 0.164 e. The highest BCUT2D eigenvalue weighted by Gasteiger charge is 2.62. The van der Waals surface area contributed by atoms with Gasteiger partial charge in [-0.1, -0.05) is 92.8 Å². The van der Waals surface area contributed by atoms with Crippen LogP contribution in [0.5, 0.6) is 0 Å². The van der Waals surface area contributed by atoms with Gasteiger partial charge in [-0.05, 0) is 5.57 Å². The van der Waals surface area contributed by atoms with Crippen molar-refractivity contribution in [3.8, 4) is 0 Å².